The molecule has 2 aromatic carbocycles. The maximum Gasteiger partial charge on any atom is 0.274 e. The molecule has 0 saturated carbocycles. The van der Waals surface area contributed by atoms with Crippen molar-refractivity contribution in [3.05, 3.63) is 90.0 Å². The summed E-state index contributed by atoms with van der Waals surface area (Å²) in [7, 11) is 1.62. The van der Waals surface area contributed by atoms with Crippen LogP contribution in [0.1, 0.15) is 35.1 Å². The van der Waals surface area contributed by atoms with E-state index in [-0.39, 0.29) is 11.9 Å². The average Bonchev–Trinajstić information content (AvgIpc) is 3.31. The Labute approximate surface area is 202 Å². The van der Waals surface area contributed by atoms with Crippen LogP contribution in [-0.2, 0) is 12.2 Å². The number of aromatic nitrogens is 5. The van der Waals surface area contributed by atoms with E-state index in [0.29, 0.717) is 22.3 Å². The molecule has 2 heterocycles. The van der Waals surface area contributed by atoms with Crippen molar-refractivity contribution in [2.45, 2.75) is 36.7 Å². The van der Waals surface area contributed by atoms with Gasteiger partial charge in [0.05, 0.1) is 18.5 Å². The summed E-state index contributed by atoms with van der Waals surface area (Å²) < 4.78 is 6.93. The van der Waals surface area contributed by atoms with Gasteiger partial charge in [-0.2, -0.15) is 0 Å². The molecule has 1 unspecified atom stereocenters. The van der Waals surface area contributed by atoms with E-state index in [4.69, 9.17) is 4.74 Å². The maximum atomic E-state index is 13.2. The lowest BCUT2D eigenvalue weighted by Gasteiger charge is -2.14. The molecule has 0 fully saturated rings. The number of hydrogen-bond acceptors (Lipinski definition) is 7. The van der Waals surface area contributed by atoms with E-state index < -0.39 is 0 Å². The molecule has 4 aromatic rings. The second kappa shape index (κ2) is 11.4. The van der Waals surface area contributed by atoms with E-state index in [9.17, 15) is 4.79 Å². The number of nitrogens with zero attached hydrogens (tertiary/aromatic N) is 5. The first-order valence-electron chi connectivity index (χ1n) is 11.0. The number of thioether (sulfide) groups is 1. The van der Waals surface area contributed by atoms with Gasteiger partial charge in [0.15, 0.2) is 10.9 Å². The predicted octanol–water partition coefficient (Wildman–Crippen LogP) is 4.11. The van der Waals surface area contributed by atoms with Crippen LogP contribution in [0.5, 0.6) is 5.75 Å². The van der Waals surface area contributed by atoms with Crippen molar-refractivity contribution in [1.82, 2.24) is 30.3 Å². The normalized spacial score (nSPS) is 11.7. The molecule has 1 atom stereocenters. The number of benzene rings is 2. The van der Waals surface area contributed by atoms with E-state index in [1.165, 1.54) is 17.3 Å². The molecule has 34 heavy (non-hydrogen) atoms. The summed E-state index contributed by atoms with van der Waals surface area (Å²) in [5.74, 6) is 0.928. The van der Waals surface area contributed by atoms with E-state index in [0.717, 1.165) is 24.3 Å². The van der Waals surface area contributed by atoms with E-state index in [1.807, 2.05) is 49.4 Å². The van der Waals surface area contributed by atoms with Gasteiger partial charge in [-0.1, -0.05) is 47.3 Å². The molecule has 4 rings (SSSR count). The Morgan fingerprint density at radius 2 is 1.79 bits per heavy atom. The van der Waals surface area contributed by atoms with Gasteiger partial charge in [-0.15, -0.1) is 5.10 Å². The Bertz CT molecular complexity index is 1200. The van der Waals surface area contributed by atoms with Crippen LogP contribution in [0, 0.1) is 0 Å². The minimum absolute atomic E-state index is 0.0168. The van der Waals surface area contributed by atoms with Crippen molar-refractivity contribution in [3.8, 4) is 11.4 Å². The highest BCUT2D eigenvalue weighted by Gasteiger charge is 2.22. The van der Waals surface area contributed by atoms with Crippen LogP contribution in [-0.4, -0.2) is 44.0 Å². The van der Waals surface area contributed by atoms with Crippen LogP contribution in [0.3, 0.4) is 0 Å². The van der Waals surface area contributed by atoms with Crippen molar-refractivity contribution < 1.29 is 9.53 Å². The summed E-state index contributed by atoms with van der Waals surface area (Å²) in [5.41, 5.74) is 3.00. The largest absolute Gasteiger partial charge is 0.497 e. The number of carbonyl (C=O) groups excluding carboxylic acids is 1. The second-order valence-electron chi connectivity index (χ2n) is 7.71. The molecule has 0 aliphatic heterocycles. The number of ether oxygens (including phenoxy) is 1. The quantitative estimate of drug-likeness (QED) is 0.273. The Morgan fingerprint density at radius 1 is 1.06 bits per heavy atom. The molecule has 1 amide bonds. The summed E-state index contributed by atoms with van der Waals surface area (Å²) in [4.78, 5) is 21.7. The highest BCUT2D eigenvalue weighted by Crippen LogP contribution is 2.24. The Balaban J connectivity index is 1.52. The molecule has 0 saturated heterocycles. The monoisotopic (exact) mass is 474 g/mol. The van der Waals surface area contributed by atoms with Gasteiger partial charge in [-0.25, -0.2) is 14.6 Å². The van der Waals surface area contributed by atoms with Crippen LogP contribution in [0.4, 0.5) is 0 Å². The molecule has 0 aliphatic carbocycles. The number of rotatable bonds is 10. The van der Waals surface area contributed by atoms with Crippen molar-refractivity contribution in [1.29, 1.82) is 0 Å². The average molecular weight is 475 g/mol. The van der Waals surface area contributed by atoms with E-state index in [1.54, 1.807) is 30.3 Å². The van der Waals surface area contributed by atoms with Gasteiger partial charge in [-0.05, 0) is 55.7 Å². The van der Waals surface area contributed by atoms with Crippen LogP contribution in [0.25, 0.3) is 5.69 Å². The molecule has 9 heteroatoms. The van der Waals surface area contributed by atoms with E-state index >= 15 is 0 Å². The van der Waals surface area contributed by atoms with Crippen molar-refractivity contribution in [2.75, 3.05) is 7.11 Å². The summed E-state index contributed by atoms with van der Waals surface area (Å²) >= 11 is 1.42. The third kappa shape index (κ3) is 5.99. The third-order valence-electron chi connectivity index (χ3n) is 5.26. The van der Waals surface area contributed by atoms with Gasteiger partial charge >= 0.3 is 0 Å². The van der Waals surface area contributed by atoms with Gasteiger partial charge < -0.3 is 10.1 Å². The van der Waals surface area contributed by atoms with Gasteiger partial charge in [0.25, 0.3) is 5.91 Å². The zero-order valence-electron chi connectivity index (χ0n) is 19.1. The Morgan fingerprint density at radius 3 is 2.50 bits per heavy atom. The second-order valence-corrected chi connectivity index (χ2v) is 8.66. The first-order chi connectivity index (χ1) is 16.6. The number of carbonyl (C=O) groups is 1. The van der Waals surface area contributed by atoms with Crippen molar-refractivity contribution >= 4 is 17.7 Å². The number of aryl methyl sites for hydroxylation is 1. The molecule has 0 bridgehead atoms. The lowest BCUT2D eigenvalue weighted by Crippen LogP contribution is -2.33. The molecule has 2 aromatic heterocycles. The lowest BCUT2D eigenvalue weighted by molar-refractivity contribution is 0.0932. The minimum atomic E-state index is -0.245. The van der Waals surface area contributed by atoms with Crippen molar-refractivity contribution in [3.63, 3.8) is 0 Å². The van der Waals surface area contributed by atoms with Gasteiger partial charge in [0, 0.05) is 24.2 Å². The zero-order chi connectivity index (χ0) is 23.8. The molecular weight excluding hydrogens is 448 g/mol. The lowest BCUT2D eigenvalue weighted by atomic mass is 10.1. The van der Waals surface area contributed by atoms with Crippen LogP contribution < -0.4 is 10.1 Å². The highest BCUT2D eigenvalue weighted by molar-refractivity contribution is 7.98. The van der Waals surface area contributed by atoms with Gasteiger partial charge in [0.2, 0.25) is 0 Å². The third-order valence-corrected chi connectivity index (χ3v) is 6.15. The summed E-state index contributed by atoms with van der Waals surface area (Å²) in [6.45, 7) is 2.00. The number of amides is 1. The van der Waals surface area contributed by atoms with Gasteiger partial charge in [0.1, 0.15) is 5.75 Å². The number of hydrogen-bond donors (Lipinski definition) is 1. The molecule has 0 radical (unpaired) electrons. The Kier molecular flexibility index (Phi) is 7.87. The Hall–Kier alpha value is -3.72. The highest BCUT2D eigenvalue weighted by atomic mass is 32.2. The minimum Gasteiger partial charge on any atom is -0.497 e. The topological polar surface area (TPSA) is 94.8 Å². The molecular formula is C25H26N6O2S. The fraction of sp³-hybridized carbons (Fsp3) is 0.240. The van der Waals surface area contributed by atoms with Crippen LogP contribution in [0.2, 0.25) is 0 Å². The molecule has 0 aliphatic rings. The predicted molar refractivity (Wildman–Crippen MR) is 131 cm³/mol. The molecule has 8 nitrogen and oxygen atoms in total. The van der Waals surface area contributed by atoms with Crippen molar-refractivity contribution in [2.24, 2.45) is 0 Å². The van der Waals surface area contributed by atoms with Gasteiger partial charge in [-0.3, -0.25) is 4.79 Å². The maximum absolute atomic E-state index is 13.2. The standard InChI is InChI=1S/C25H26N6O2S/c1-18(9-10-19-7-4-3-5-8-19)28-24(32)23-22(17-34-25-26-15-6-16-27-25)31(30-29-23)20-11-13-21(33-2)14-12-20/h3-8,11-16,18H,9-10,17H2,1-2H3,(H,28,32). The van der Waals surface area contributed by atoms with E-state index in [2.05, 4.69) is 37.7 Å². The number of nitrogens with one attached hydrogen (secondary N) is 1. The first kappa shape index (κ1) is 23.4. The number of methoxy groups -OCH3 is 1. The molecule has 1 N–H and O–H groups in total. The SMILES string of the molecule is COc1ccc(-n2nnc(C(=O)NC(C)CCc3ccccc3)c2CSc2ncccn2)cc1. The summed E-state index contributed by atoms with van der Waals surface area (Å²) in [5, 5.41) is 12.2. The van der Waals surface area contributed by atoms with Crippen LogP contribution in [0.15, 0.2) is 78.2 Å². The zero-order valence-corrected chi connectivity index (χ0v) is 19.9. The first-order valence-corrected chi connectivity index (χ1v) is 12.0. The summed E-state index contributed by atoms with van der Waals surface area (Å²) in [6, 6.07) is 19.4. The summed E-state index contributed by atoms with van der Waals surface area (Å²) in [6.07, 6.45) is 5.09. The smallest absolute Gasteiger partial charge is 0.274 e. The molecule has 174 valence electrons. The fourth-order valence-electron chi connectivity index (χ4n) is 3.42. The fourth-order valence-corrected chi connectivity index (χ4v) is 4.22. The van der Waals surface area contributed by atoms with Crippen LogP contribution >= 0.6 is 11.8 Å². The molecule has 0 spiro atoms.